The number of hydrogen-bond acceptors (Lipinski definition) is 1. The number of carboxylic acid groups (broad SMARTS) is 1. The number of hydrogen-bond donors (Lipinski definition) is 1. The molecule has 0 amide bonds. The van der Waals surface area contributed by atoms with Crippen molar-refractivity contribution in [3.63, 3.8) is 0 Å². The second-order valence-electron chi connectivity index (χ2n) is 3.51. The average Bonchev–Trinajstić information content (AvgIpc) is 2.23. The molecule has 1 rings (SSSR count). The van der Waals surface area contributed by atoms with Crippen molar-refractivity contribution < 1.29 is 36.2 Å². The number of benzene rings is 1. The molecule has 0 heterocycles. The summed E-state index contributed by atoms with van der Waals surface area (Å²) in [5.74, 6) is -1.48. The number of aliphatic carboxylic acids is 1. The number of halogens is 6. The molecule has 1 N–H and O–H groups in total. The Balaban J connectivity index is 3.37. The molecule has 0 radical (unpaired) electrons. The van der Waals surface area contributed by atoms with Gasteiger partial charge in [-0.15, -0.1) is 0 Å². The Labute approximate surface area is 103 Å². The minimum absolute atomic E-state index is 0.0297. The lowest BCUT2D eigenvalue weighted by Gasteiger charge is -2.12. The molecule has 2 nitrogen and oxygen atoms in total. The zero-order valence-electron chi connectivity index (χ0n) is 9.01. The van der Waals surface area contributed by atoms with Gasteiger partial charge in [0.1, 0.15) is 0 Å². The summed E-state index contributed by atoms with van der Waals surface area (Å²) in [6.07, 6.45) is -8.79. The molecule has 0 unspecified atom stereocenters. The largest absolute Gasteiger partial charge is 0.478 e. The molecule has 0 aliphatic rings. The van der Waals surface area contributed by atoms with Crippen LogP contribution in [-0.4, -0.2) is 11.1 Å². The van der Waals surface area contributed by atoms with E-state index >= 15 is 0 Å². The highest BCUT2D eigenvalue weighted by Gasteiger charge is 2.36. The maximum Gasteiger partial charge on any atom is 0.416 e. The van der Waals surface area contributed by atoms with E-state index in [1.54, 1.807) is 0 Å². The van der Waals surface area contributed by atoms with Crippen molar-refractivity contribution in [1.82, 2.24) is 0 Å². The highest BCUT2D eigenvalue weighted by atomic mass is 19.4. The molecule has 104 valence electrons. The van der Waals surface area contributed by atoms with Crippen molar-refractivity contribution in [1.29, 1.82) is 0 Å². The molecule has 0 fully saturated rings. The summed E-state index contributed by atoms with van der Waals surface area (Å²) >= 11 is 0. The molecule has 0 saturated carbocycles. The summed E-state index contributed by atoms with van der Waals surface area (Å²) in [6.45, 7) is 0. The molecule has 0 atom stereocenters. The van der Waals surface area contributed by atoms with E-state index in [0.717, 1.165) is 0 Å². The quantitative estimate of drug-likeness (QED) is 0.662. The lowest BCUT2D eigenvalue weighted by atomic mass is 10.0. The van der Waals surface area contributed by atoms with E-state index in [0.29, 0.717) is 24.3 Å². The highest BCUT2D eigenvalue weighted by molar-refractivity contribution is 5.85. The van der Waals surface area contributed by atoms with Crippen LogP contribution in [0, 0.1) is 0 Å². The molecule has 1 aromatic carbocycles. The molecule has 0 aliphatic carbocycles. The molecule has 19 heavy (non-hydrogen) atoms. The number of carbonyl (C=O) groups is 1. The van der Waals surface area contributed by atoms with Crippen LogP contribution in [-0.2, 0) is 17.1 Å². The Kier molecular flexibility index (Phi) is 3.92. The van der Waals surface area contributed by atoms with Gasteiger partial charge in [0.15, 0.2) is 0 Å². The van der Waals surface area contributed by atoms with Gasteiger partial charge in [-0.25, -0.2) is 4.79 Å². The second-order valence-corrected chi connectivity index (χ2v) is 3.51. The number of carboxylic acids is 1. The second kappa shape index (κ2) is 4.94. The van der Waals surface area contributed by atoms with Crippen LogP contribution in [0.25, 0.3) is 6.08 Å². The molecular formula is C11H6F6O2. The minimum Gasteiger partial charge on any atom is -0.478 e. The third-order valence-corrected chi connectivity index (χ3v) is 2.03. The SMILES string of the molecule is O=C(O)/C=C/c1cc(C(F)(F)F)cc(C(F)(F)F)c1. The van der Waals surface area contributed by atoms with E-state index < -0.39 is 35.0 Å². The van der Waals surface area contributed by atoms with Crippen LogP contribution in [0.1, 0.15) is 16.7 Å². The Morgan fingerprint density at radius 1 is 0.947 bits per heavy atom. The minimum atomic E-state index is -4.95. The molecule has 0 saturated heterocycles. The molecule has 0 bridgehead atoms. The summed E-state index contributed by atoms with van der Waals surface area (Å²) < 4.78 is 74.6. The summed E-state index contributed by atoms with van der Waals surface area (Å²) in [4.78, 5) is 10.2. The molecule has 0 aliphatic heterocycles. The first-order valence-corrected chi connectivity index (χ1v) is 4.70. The van der Waals surface area contributed by atoms with Gasteiger partial charge in [-0.05, 0) is 29.8 Å². The predicted octanol–water partition coefficient (Wildman–Crippen LogP) is 3.82. The topological polar surface area (TPSA) is 37.3 Å². The van der Waals surface area contributed by atoms with Gasteiger partial charge in [0.25, 0.3) is 0 Å². The fourth-order valence-corrected chi connectivity index (χ4v) is 1.24. The zero-order chi connectivity index (χ0) is 14.8. The van der Waals surface area contributed by atoms with Crippen LogP contribution in [0.4, 0.5) is 26.3 Å². The van der Waals surface area contributed by atoms with Crippen LogP contribution in [0.3, 0.4) is 0 Å². The Morgan fingerprint density at radius 3 is 1.68 bits per heavy atom. The Morgan fingerprint density at radius 2 is 1.37 bits per heavy atom. The Hall–Kier alpha value is -1.99. The first kappa shape index (κ1) is 15.1. The number of alkyl halides is 6. The van der Waals surface area contributed by atoms with Crippen molar-refractivity contribution in [2.24, 2.45) is 0 Å². The van der Waals surface area contributed by atoms with Gasteiger partial charge in [0.05, 0.1) is 11.1 Å². The zero-order valence-corrected chi connectivity index (χ0v) is 9.01. The van der Waals surface area contributed by atoms with Crippen LogP contribution < -0.4 is 0 Å². The van der Waals surface area contributed by atoms with E-state index in [1.165, 1.54) is 0 Å². The fraction of sp³-hybridized carbons (Fsp3) is 0.182. The Bertz CT molecular complexity index is 481. The van der Waals surface area contributed by atoms with Gasteiger partial charge < -0.3 is 5.11 Å². The number of rotatable bonds is 2. The van der Waals surface area contributed by atoms with Crippen molar-refractivity contribution in [2.75, 3.05) is 0 Å². The van der Waals surface area contributed by atoms with E-state index in [1.807, 2.05) is 0 Å². The summed E-state index contributed by atoms with van der Waals surface area (Å²) in [5.41, 5.74) is -3.48. The molecule has 1 aromatic rings. The monoisotopic (exact) mass is 284 g/mol. The summed E-state index contributed by atoms with van der Waals surface area (Å²) in [6, 6.07) is 0.849. The van der Waals surface area contributed by atoms with E-state index in [-0.39, 0.29) is 6.07 Å². The van der Waals surface area contributed by atoms with Gasteiger partial charge >= 0.3 is 18.3 Å². The summed E-state index contributed by atoms with van der Waals surface area (Å²) in [7, 11) is 0. The average molecular weight is 284 g/mol. The van der Waals surface area contributed by atoms with Crippen molar-refractivity contribution in [3.05, 3.63) is 41.0 Å². The third-order valence-electron chi connectivity index (χ3n) is 2.03. The van der Waals surface area contributed by atoms with Crippen molar-refractivity contribution in [3.8, 4) is 0 Å². The van der Waals surface area contributed by atoms with E-state index in [4.69, 9.17) is 5.11 Å². The lowest BCUT2D eigenvalue weighted by molar-refractivity contribution is -0.143. The fourth-order valence-electron chi connectivity index (χ4n) is 1.24. The molecule has 0 spiro atoms. The van der Waals surface area contributed by atoms with Crippen LogP contribution in [0.15, 0.2) is 24.3 Å². The maximum atomic E-state index is 12.4. The van der Waals surface area contributed by atoms with Gasteiger partial charge in [-0.1, -0.05) is 0 Å². The van der Waals surface area contributed by atoms with Gasteiger partial charge in [0.2, 0.25) is 0 Å². The van der Waals surface area contributed by atoms with Crippen molar-refractivity contribution in [2.45, 2.75) is 12.4 Å². The van der Waals surface area contributed by atoms with Crippen LogP contribution in [0.2, 0.25) is 0 Å². The summed E-state index contributed by atoms with van der Waals surface area (Å²) in [5, 5.41) is 8.30. The highest BCUT2D eigenvalue weighted by Crippen LogP contribution is 2.36. The maximum absolute atomic E-state index is 12.4. The smallest absolute Gasteiger partial charge is 0.416 e. The molecule has 0 aromatic heterocycles. The molecular weight excluding hydrogens is 278 g/mol. The standard InChI is InChI=1S/C11H6F6O2/c12-10(13,14)7-3-6(1-2-9(18)19)4-8(5-7)11(15,16)17/h1-5H,(H,18,19)/b2-1+. The van der Waals surface area contributed by atoms with E-state index in [9.17, 15) is 31.1 Å². The van der Waals surface area contributed by atoms with Gasteiger partial charge in [-0.3, -0.25) is 0 Å². The van der Waals surface area contributed by atoms with Gasteiger partial charge in [0, 0.05) is 6.08 Å². The van der Waals surface area contributed by atoms with Crippen LogP contribution in [0.5, 0.6) is 0 Å². The lowest BCUT2D eigenvalue weighted by Crippen LogP contribution is -2.11. The first-order chi connectivity index (χ1) is 8.50. The molecule has 8 heteroatoms. The van der Waals surface area contributed by atoms with Crippen molar-refractivity contribution >= 4 is 12.0 Å². The van der Waals surface area contributed by atoms with Gasteiger partial charge in [-0.2, -0.15) is 26.3 Å². The normalized spacial score (nSPS) is 12.9. The predicted molar refractivity (Wildman–Crippen MR) is 53.1 cm³/mol. The van der Waals surface area contributed by atoms with E-state index in [2.05, 4.69) is 0 Å². The van der Waals surface area contributed by atoms with Crippen LogP contribution >= 0.6 is 0 Å². The third kappa shape index (κ3) is 4.31. The first-order valence-electron chi connectivity index (χ1n) is 4.70.